The van der Waals surface area contributed by atoms with Crippen molar-refractivity contribution in [1.82, 2.24) is 4.57 Å². The molecule has 19 heavy (non-hydrogen) atoms. The molecule has 3 nitrogen and oxygen atoms in total. The molecule has 0 aliphatic carbocycles. The molecule has 96 valence electrons. The maximum Gasteiger partial charge on any atom is 0.0931 e. The summed E-state index contributed by atoms with van der Waals surface area (Å²) in [7, 11) is 0. The molecule has 2 aromatic heterocycles. The van der Waals surface area contributed by atoms with Crippen LogP contribution in [0.1, 0.15) is 10.4 Å². The summed E-state index contributed by atoms with van der Waals surface area (Å²) in [6.45, 7) is 0.839. The second-order valence-electron chi connectivity index (χ2n) is 4.25. The van der Waals surface area contributed by atoms with Crippen molar-refractivity contribution in [2.45, 2.75) is 6.54 Å². The highest BCUT2D eigenvalue weighted by molar-refractivity contribution is 7.16. The lowest BCUT2D eigenvalue weighted by atomic mass is 10.2. The van der Waals surface area contributed by atoms with Crippen LogP contribution >= 0.6 is 22.9 Å². The number of hydrazone groups is 1. The maximum atomic E-state index is 5.96. The Bertz CT molecular complexity index is 742. The molecule has 0 radical (unpaired) electrons. The molecule has 2 N–H and O–H groups in total. The second kappa shape index (κ2) is 5.07. The van der Waals surface area contributed by atoms with E-state index < -0.39 is 0 Å². The average Bonchev–Trinajstić information content (AvgIpc) is 2.97. The molecule has 5 heteroatoms. The lowest BCUT2D eigenvalue weighted by Crippen LogP contribution is -1.95. The monoisotopic (exact) mass is 289 g/mol. The Kier molecular flexibility index (Phi) is 3.27. The summed E-state index contributed by atoms with van der Waals surface area (Å²) in [5, 5.41) is 4.73. The Balaban J connectivity index is 1.96. The normalized spacial score (nSPS) is 11.6. The van der Waals surface area contributed by atoms with E-state index in [1.807, 2.05) is 12.1 Å². The van der Waals surface area contributed by atoms with Gasteiger partial charge in [0.2, 0.25) is 0 Å². The van der Waals surface area contributed by atoms with Crippen LogP contribution in [0.5, 0.6) is 0 Å². The second-order valence-corrected chi connectivity index (χ2v) is 6.05. The molecule has 2 heterocycles. The van der Waals surface area contributed by atoms with E-state index in [0.717, 1.165) is 16.4 Å². The summed E-state index contributed by atoms with van der Waals surface area (Å²) in [5.74, 6) is 5.17. The molecule has 0 saturated heterocycles. The Morgan fingerprint density at radius 1 is 1.26 bits per heavy atom. The van der Waals surface area contributed by atoms with E-state index in [9.17, 15) is 0 Å². The smallest absolute Gasteiger partial charge is 0.0931 e. The molecular weight excluding hydrogens is 278 g/mol. The van der Waals surface area contributed by atoms with Crippen LogP contribution in [0, 0.1) is 0 Å². The van der Waals surface area contributed by atoms with Gasteiger partial charge in [0.1, 0.15) is 0 Å². The SMILES string of the molecule is NN=Cc1ccc2c(ccn2Cc2ccc(Cl)s2)c1. The van der Waals surface area contributed by atoms with Gasteiger partial charge in [-0.05, 0) is 35.9 Å². The number of benzene rings is 1. The van der Waals surface area contributed by atoms with Crippen molar-refractivity contribution >= 4 is 40.1 Å². The third-order valence-electron chi connectivity index (χ3n) is 2.97. The average molecular weight is 290 g/mol. The molecule has 0 unspecified atom stereocenters. The fourth-order valence-electron chi connectivity index (χ4n) is 2.13. The van der Waals surface area contributed by atoms with Gasteiger partial charge in [0.25, 0.3) is 0 Å². The number of halogens is 1. The minimum absolute atomic E-state index is 0.827. The number of hydrogen-bond donors (Lipinski definition) is 1. The third kappa shape index (κ3) is 2.50. The maximum absolute atomic E-state index is 5.96. The minimum atomic E-state index is 0.827. The van der Waals surface area contributed by atoms with Gasteiger partial charge < -0.3 is 10.4 Å². The zero-order valence-electron chi connectivity index (χ0n) is 10.1. The number of hydrogen-bond acceptors (Lipinski definition) is 3. The van der Waals surface area contributed by atoms with Crippen LogP contribution in [-0.2, 0) is 6.54 Å². The van der Waals surface area contributed by atoms with Gasteiger partial charge in [-0.1, -0.05) is 17.7 Å². The van der Waals surface area contributed by atoms with Crippen molar-refractivity contribution in [2.24, 2.45) is 10.9 Å². The van der Waals surface area contributed by atoms with Gasteiger partial charge in [0.05, 0.1) is 17.1 Å². The summed E-state index contributed by atoms with van der Waals surface area (Å²) < 4.78 is 3.04. The van der Waals surface area contributed by atoms with Crippen molar-refractivity contribution < 1.29 is 0 Å². The van der Waals surface area contributed by atoms with Gasteiger partial charge >= 0.3 is 0 Å². The Labute approximate surface area is 119 Å². The summed E-state index contributed by atoms with van der Waals surface area (Å²) in [4.78, 5) is 1.25. The molecule has 3 rings (SSSR count). The van der Waals surface area contributed by atoms with Gasteiger partial charge in [-0.15, -0.1) is 11.3 Å². The highest BCUT2D eigenvalue weighted by atomic mass is 35.5. The molecule has 1 aromatic carbocycles. The van der Waals surface area contributed by atoms with E-state index in [0.29, 0.717) is 0 Å². The minimum Gasteiger partial charge on any atom is -0.342 e. The molecule has 3 aromatic rings. The zero-order valence-corrected chi connectivity index (χ0v) is 11.7. The van der Waals surface area contributed by atoms with Crippen molar-refractivity contribution in [3.05, 3.63) is 57.4 Å². The van der Waals surface area contributed by atoms with Gasteiger partial charge in [-0.25, -0.2) is 0 Å². The van der Waals surface area contributed by atoms with Crippen LogP contribution < -0.4 is 5.84 Å². The van der Waals surface area contributed by atoms with Crippen molar-refractivity contribution in [2.75, 3.05) is 0 Å². The number of nitrogens with zero attached hydrogens (tertiary/aromatic N) is 2. The van der Waals surface area contributed by atoms with Gasteiger partial charge in [-0.3, -0.25) is 0 Å². The molecular formula is C14H12ClN3S. The lowest BCUT2D eigenvalue weighted by Gasteiger charge is -2.03. The van der Waals surface area contributed by atoms with Crippen LogP contribution in [0.25, 0.3) is 10.9 Å². The third-order valence-corrected chi connectivity index (χ3v) is 4.19. The van der Waals surface area contributed by atoms with E-state index in [-0.39, 0.29) is 0 Å². The van der Waals surface area contributed by atoms with Gasteiger partial charge in [-0.2, -0.15) is 5.10 Å². The first kappa shape index (κ1) is 12.3. The first-order valence-corrected chi connectivity index (χ1v) is 7.02. The topological polar surface area (TPSA) is 43.3 Å². The molecule has 0 amide bonds. The summed E-state index contributed by atoms with van der Waals surface area (Å²) in [6, 6.07) is 12.3. The lowest BCUT2D eigenvalue weighted by molar-refractivity contribution is 0.851. The fourth-order valence-corrected chi connectivity index (χ4v) is 3.21. The van der Waals surface area contributed by atoms with Gasteiger partial charge in [0, 0.05) is 22.0 Å². The first-order chi connectivity index (χ1) is 9.26. The number of rotatable bonds is 3. The Morgan fingerprint density at radius 3 is 2.89 bits per heavy atom. The number of thiophene rings is 1. The highest BCUT2D eigenvalue weighted by Crippen LogP contribution is 2.24. The van der Waals surface area contributed by atoms with E-state index in [2.05, 4.69) is 40.1 Å². The van der Waals surface area contributed by atoms with Crippen LogP contribution in [-0.4, -0.2) is 10.8 Å². The summed E-state index contributed by atoms with van der Waals surface area (Å²) in [5.41, 5.74) is 2.20. The van der Waals surface area contributed by atoms with Crippen molar-refractivity contribution in [3.63, 3.8) is 0 Å². The largest absolute Gasteiger partial charge is 0.342 e. The predicted molar refractivity (Wildman–Crippen MR) is 82.2 cm³/mol. The molecule has 0 atom stereocenters. The van der Waals surface area contributed by atoms with Crippen LogP contribution in [0.15, 0.2) is 47.7 Å². The highest BCUT2D eigenvalue weighted by Gasteiger charge is 2.04. The summed E-state index contributed by atoms with van der Waals surface area (Å²) >= 11 is 7.57. The standard InChI is InChI=1S/C14H12ClN3S/c15-14-4-2-12(19-14)9-18-6-5-11-7-10(8-17-16)1-3-13(11)18/h1-8H,9,16H2. The van der Waals surface area contributed by atoms with Gasteiger partial charge in [0.15, 0.2) is 0 Å². The Hall–Kier alpha value is -1.78. The van der Waals surface area contributed by atoms with Crippen LogP contribution in [0.4, 0.5) is 0 Å². The van der Waals surface area contributed by atoms with E-state index in [1.165, 1.54) is 15.8 Å². The quantitative estimate of drug-likeness (QED) is 0.446. The number of fused-ring (bicyclic) bond motifs is 1. The molecule has 0 aliphatic rings. The van der Waals surface area contributed by atoms with E-state index in [4.69, 9.17) is 17.4 Å². The first-order valence-electron chi connectivity index (χ1n) is 5.82. The number of aromatic nitrogens is 1. The van der Waals surface area contributed by atoms with Crippen LogP contribution in [0.2, 0.25) is 4.34 Å². The van der Waals surface area contributed by atoms with E-state index >= 15 is 0 Å². The molecule has 0 bridgehead atoms. The Morgan fingerprint density at radius 2 is 2.16 bits per heavy atom. The predicted octanol–water partition coefficient (Wildman–Crippen LogP) is 3.70. The molecule has 0 spiro atoms. The van der Waals surface area contributed by atoms with Crippen molar-refractivity contribution in [1.29, 1.82) is 0 Å². The summed E-state index contributed by atoms with van der Waals surface area (Å²) in [6.07, 6.45) is 3.73. The van der Waals surface area contributed by atoms with Crippen LogP contribution in [0.3, 0.4) is 0 Å². The molecule has 0 aliphatic heterocycles. The molecule has 0 fully saturated rings. The molecule has 0 saturated carbocycles. The number of nitrogens with two attached hydrogens (primary N) is 1. The fraction of sp³-hybridized carbons (Fsp3) is 0.0714. The van der Waals surface area contributed by atoms with Crippen molar-refractivity contribution in [3.8, 4) is 0 Å². The zero-order chi connectivity index (χ0) is 13.2. The van der Waals surface area contributed by atoms with E-state index in [1.54, 1.807) is 17.6 Å².